The second-order valence-corrected chi connectivity index (χ2v) is 4.11. The van der Waals surface area contributed by atoms with Crippen LogP contribution in [0.3, 0.4) is 0 Å². The number of fused-ring (bicyclic) bond motifs is 1. The number of aryl methyl sites for hydroxylation is 1. The van der Waals surface area contributed by atoms with Crippen LogP contribution in [0, 0.1) is 6.92 Å². The first-order chi connectivity index (χ1) is 8.81. The lowest BCUT2D eigenvalue weighted by atomic mass is 10.2. The van der Waals surface area contributed by atoms with Gasteiger partial charge in [-0.1, -0.05) is 6.07 Å². The van der Waals surface area contributed by atoms with Gasteiger partial charge in [0.05, 0.1) is 6.20 Å². The predicted octanol–water partition coefficient (Wildman–Crippen LogP) is 2.04. The molecular formula is C13H13N5. The fraction of sp³-hybridized carbons (Fsp3) is 0.154. The number of nitrogens with zero attached hydrogens (tertiary/aromatic N) is 4. The highest BCUT2D eigenvalue weighted by molar-refractivity contribution is 5.45. The van der Waals surface area contributed by atoms with Crippen molar-refractivity contribution in [2.45, 2.75) is 13.5 Å². The molecule has 0 amide bonds. The maximum atomic E-state index is 4.44. The summed E-state index contributed by atoms with van der Waals surface area (Å²) in [5.74, 6) is 0.837. The van der Waals surface area contributed by atoms with Gasteiger partial charge in [-0.2, -0.15) is 5.10 Å². The Labute approximate surface area is 105 Å². The summed E-state index contributed by atoms with van der Waals surface area (Å²) in [5.41, 5.74) is 3.00. The number of rotatable bonds is 3. The molecule has 0 bridgehead atoms. The van der Waals surface area contributed by atoms with E-state index in [0.717, 1.165) is 22.7 Å². The van der Waals surface area contributed by atoms with Crippen molar-refractivity contribution in [1.82, 2.24) is 19.6 Å². The van der Waals surface area contributed by atoms with Crippen molar-refractivity contribution >= 4 is 11.5 Å². The molecule has 0 radical (unpaired) electrons. The van der Waals surface area contributed by atoms with Gasteiger partial charge in [-0.15, -0.1) is 0 Å². The first-order valence-electron chi connectivity index (χ1n) is 5.77. The van der Waals surface area contributed by atoms with E-state index < -0.39 is 0 Å². The van der Waals surface area contributed by atoms with E-state index in [4.69, 9.17) is 0 Å². The van der Waals surface area contributed by atoms with Gasteiger partial charge in [0.15, 0.2) is 5.65 Å². The molecule has 0 spiro atoms. The Morgan fingerprint density at radius 3 is 3.00 bits per heavy atom. The maximum absolute atomic E-state index is 4.44. The summed E-state index contributed by atoms with van der Waals surface area (Å²) in [6.45, 7) is 2.69. The first-order valence-corrected chi connectivity index (χ1v) is 5.77. The van der Waals surface area contributed by atoms with Gasteiger partial charge in [0.25, 0.3) is 0 Å². The molecule has 90 valence electrons. The van der Waals surface area contributed by atoms with Crippen molar-refractivity contribution in [2.75, 3.05) is 5.32 Å². The van der Waals surface area contributed by atoms with E-state index in [1.54, 1.807) is 10.7 Å². The quantitative estimate of drug-likeness (QED) is 0.760. The fourth-order valence-electron chi connectivity index (χ4n) is 1.71. The third kappa shape index (κ3) is 2.15. The van der Waals surface area contributed by atoms with Gasteiger partial charge in [0.1, 0.15) is 5.82 Å². The Hall–Kier alpha value is -2.43. The van der Waals surface area contributed by atoms with E-state index in [0.29, 0.717) is 6.54 Å². The Kier molecular flexibility index (Phi) is 2.64. The number of pyridine rings is 1. The zero-order valence-corrected chi connectivity index (χ0v) is 10.0. The average molecular weight is 239 g/mol. The van der Waals surface area contributed by atoms with Crippen molar-refractivity contribution in [3.8, 4) is 0 Å². The lowest BCUT2D eigenvalue weighted by molar-refractivity contribution is 0.936. The Balaban J connectivity index is 1.74. The molecule has 1 N–H and O–H groups in total. The molecule has 3 heterocycles. The predicted molar refractivity (Wildman–Crippen MR) is 69.3 cm³/mol. The smallest absolute Gasteiger partial charge is 0.157 e. The van der Waals surface area contributed by atoms with Crippen LogP contribution < -0.4 is 5.32 Å². The summed E-state index contributed by atoms with van der Waals surface area (Å²) >= 11 is 0. The summed E-state index contributed by atoms with van der Waals surface area (Å²) in [6.07, 6.45) is 5.49. The highest BCUT2D eigenvalue weighted by Gasteiger charge is 1.99. The number of hydrogen-bond donors (Lipinski definition) is 1. The zero-order valence-electron chi connectivity index (χ0n) is 10.0. The van der Waals surface area contributed by atoms with Crippen LogP contribution in [0.5, 0.6) is 0 Å². The van der Waals surface area contributed by atoms with Gasteiger partial charge < -0.3 is 5.32 Å². The van der Waals surface area contributed by atoms with Crippen molar-refractivity contribution in [3.63, 3.8) is 0 Å². The van der Waals surface area contributed by atoms with Gasteiger partial charge in [0, 0.05) is 30.7 Å². The summed E-state index contributed by atoms with van der Waals surface area (Å²) < 4.78 is 1.73. The topological polar surface area (TPSA) is 55.1 Å². The molecule has 3 rings (SSSR count). The largest absolute Gasteiger partial charge is 0.366 e. The van der Waals surface area contributed by atoms with Gasteiger partial charge >= 0.3 is 0 Å². The van der Waals surface area contributed by atoms with Crippen LogP contribution in [0.15, 0.2) is 42.9 Å². The molecule has 3 aromatic rings. The zero-order chi connectivity index (χ0) is 12.4. The molecule has 0 saturated carbocycles. The molecule has 0 aliphatic carbocycles. The average Bonchev–Trinajstić information content (AvgIpc) is 2.85. The van der Waals surface area contributed by atoms with Crippen molar-refractivity contribution in [1.29, 1.82) is 0 Å². The maximum Gasteiger partial charge on any atom is 0.157 e. The first kappa shape index (κ1) is 10.7. The molecule has 5 heteroatoms. The van der Waals surface area contributed by atoms with Gasteiger partial charge in [-0.25, -0.2) is 9.50 Å². The Morgan fingerprint density at radius 2 is 2.17 bits per heavy atom. The standard InChI is InChI=1S/C13H13N5/c1-10-2-3-11(8-14-10)9-15-12-5-7-18-13(17-12)4-6-16-18/h2-8H,9H2,1H3,(H,15,17). The minimum Gasteiger partial charge on any atom is -0.366 e. The molecule has 0 aromatic carbocycles. The second kappa shape index (κ2) is 4.44. The lowest BCUT2D eigenvalue weighted by Crippen LogP contribution is -2.03. The highest BCUT2D eigenvalue weighted by atomic mass is 15.2. The number of hydrogen-bond acceptors (Lipinski definition) is 4. The minimum absolute atomic E-state index is 0.713. The van der Waals surface area contributed by atoms with Crippen LogP contribution in [0.2, 0.25) is 0 Å². The highest BCUT2D eigenvalue weighted by Crippen LogP contribution is 2.08. The van der Waals surface area contributed by atoms with Crippen LogP contribution in [-0.2, 0) is 6.54 Å². The molecular weight excluding hydrogens is 226 g/mol. The SMILES string of the molecule is Cc1ccc(CNc2ccn3nccc3n2)cn1. The number of nitrogens with one attached hydrogen (secondary N) is 1. The van der Waals surface area contributed by atoms with E-state index in [2.05, 4.69) is 26.4 Å². The van der Waals surface area contributed by atoms with Crippen LogP contribution in [0.25, 0.3) is 5.65 Å². The van der Waals surface area contributed by atoms with E-state index in [1.807, 2.05) is 37.5 Å². The molecule has 0 unspecified atom stereocenters. The molecule has 3 aromatic heterocycles. The third-order valence-corrected chi connectivity index (χ3v) is 2.70. The molecule has 18 heavy (non-hydrogen) atoms. The fourth-order valence-corrected chi connectivity index (χ4v) is 1.71. The third-order valence-electron chi connectivity index (χ3n) is 2.70. The molecule has 0 aliphatic heterocycles. The summed E-state index contributed by atoms with van der Waals surface area (Å²) in [6, 6.07) is 7.84. The molecule has 0 saturated heterocycles. The van der Waals surface area contributed by atoms with Crippen molar-refractivity contribution < 1.29 is 0 Å². The molecule has 0 fully saturated rings. The molecule has 0 atom stereocenters. The van der Waals surface area contributed by atoms with Gasteiger partial charge in [-0.3, -0.25) is 4.98 Å². The number of aromatic nitrogens is 4. The van der Waals surface area contributed by atoms with E-state index in [-0.39, 0.29) is 0 Å². The van der Waals surface area contributed by atoms with Gasteiger partial charge in [0.2, 0.25) is 0 Å². The normalized spacial score (nSPS) is 10.7. The summed E-state index contributed by atoms with van der Waals surface area (Å²) in [5, 5.41) is 7.37. The van der Waals surface area contributed by atoms with Crippen LogP contribution in [0.1, 0.15) is 11.3 Å². The Morgan fingerprint density at radius 1 is 1.22 bits per heavy atom. The van der Waals surface area contributed by atoms with Crippen LogP contribution >= 0.6 is 0 Å². The van der Waals surface area contributed by atoms with E-state index in [1.165, 1.54) is 0 Å². The van der Waals surface area contributed by atoms with Crippen LogP contribution in [-0.4, -0.2) is 19.6 Å². The second-order valence-electron chi connectivity index (χ2n) is 4.11. The minimum atomic E-state index is 0.713. The molecule has 0 aliphatic rings. The summed E-state index contributed by atoms with van der Waals surface area (Å²) in [7, 11) is 0. The molecule has 5 nitrogen and oxygen atoms in total. The van der Waals surface area contributed by atoms with Crippen molar-refractivity contribution in [3.05, 3.63) is 54.1 Å². The summed E-state index contributed by atoms with van der Waals surface area (Å²) in [4.78, 5) is 8.70. The van der Waals surface area contributed by atoms with Gasteiger partial charge in [-0.05, 0) is 24.6 Å². The lowest BCUT2D eigenvalue weighted by Gasteiger charge is -2.05. The monoisotopic (exact) mass is 239 g/mol. The van der Waals surface area contributed by atoms with E-state index in [9.17, 15) is 0 Å². The Bertz CT molecular complexity index is 656. The van der Waals surface area contributed by atoms with E-state index >= 15 is 0 Å². The van der Waals surface area contributed by atoms with Crippen LogP contribution in [0.4, 0.5) is 5.82 Å². The van der Waals surface area contributed by atoms with Crippen molar-refractivity contribution in [2.24, 2.45) is 0 Å². The number of anilines is 1.